The Morgan fingerprint density at radius 1 is 1.59 bits per heavy atom. The van der Waals surface area contributed by atoms with Gasteiger partial charge in [-0.2, -0.15) is 0 Å². The number of hydrogen-bond acceptors (Lipinski definition) is 4. The number of carbonyl (C=O) groups is 1. The maximum atomic E-state index is 11.0. The molecular weight excluding hydrogens is 233 g/mol. The van der Waals surface area contributed by atoms with Crippen LogP contribution in [0.1, 0.15) is 18.6 Å². The Balaban J connectivity index is 2.30. The predicted molar refractivity (Wildman–Crippen MR) is 72.0 cm³/mol. The highest BCUT2D eigenvalue weighted by Crippen LogP contribution is 2.28. The van der Waals surface area contributed by atoms with Crippen molar-refractivity contribution in [2.24, 2.45) is 5.73 Å². The van der Waals surface area contributed by atoms with Crippen molar-refractivity contribution in [3.05, 3.63) is 23.8 Å². The highest BCUT2D eigenvalue weighted by Gasteiger charge is 2.32. The second-order valence-electron chi connectivity index (χ2n) is 4.25. The zero-order chi connectivity index (χ0) is 12.4. The first kappa shape index (κ1) is 12.7. The SMILES string of the molecule is CB1OC(CN)c2cccc(SCC(C)=O)c21. The maximum Gasteiger partial charge on any atom is 0.325 e. The van der Waals surface area contributed by atoms with E-state index in [0.717, 1.165) is 4.90 Å². The number of benzene rings is 1. The van der Waals surface area contributed by atoms with E-state index in [0.29, 0.717) is 12.3 Å². The van der Waals surface area contributed by atoms with Crippen LogP contribution in [0, 0.1) is 0 Å². The van der Waals surface area contributed by atoms with Crippen molar-refractivity contribution in [3.63, 3.8) is 0 Å². The molecule has 0 bridgehead atoms. The summed E-state index contributed by atoms with van der Waals surface area (Å²) in [6, 6.07) is 6.12. The monoisotopic (exact) mass is 249 g/mol. The van der Waals surface area contributed by atoms with Crippen molar-refractivity contribution >= 4 is 29.9 Å². The van der Waals surface area contributed by atoms with Gasteiger partial charge in [0.2, 0.25) is 0 Å². The lowest BCUT2D eigenvalue weighted by Crippen LogP contribution is -2.26. The van der Waals surface area contributed by atoms with Crippen molar-refractivity contribution in [2.75, 3.05) is 12.3 Å². The van der Waals surface area contributed by atoms with Crippen molar-refractivity contribution in [3.8, 4) is 0 Å². The second-order valence-corrected chi connectivity index (χ2v) is 5.27. The van der Waals surface area contributed by atoms with E-state index >= 15 is 0 Å². The number of thioether (sulfide) groups is 1. The fraction of sp³-hybridized carbons (Fsp3) is 0.417. The third-order valence-corrected chi connectivity index (χ3v) is 4.08. The molecule has 1 aromatic rings. The van der Waals surface area contributed by atoms with Crippen molar-refractivity contribution in [2.45, 2.75) is 24.7 Å². The van der Waals surface area contributed by atoms with Gasteiger partial charge in [0.15, 0.2) is 0 Å². The highest BCUT2D eigenvalue weighted by atomic mass is 32.2. The Morgan fingerprint density at radius 2 is 2.35 bits per heavy atom. The summed E-state index contributed by atoms with van der Waals surface area (Å²) in [5, 5.41) is 0. The fourth-order valence-electron chi connectivity index (χ4n) is 2.15. The summed E-state index contributed by atoms with van der Waals surface area (Å²) in [7, 11) is 0. The molecule has 0 radical (unpaired) electrons. The Bertz CT molecular complexity index is 439. The van der Waals surface area contributed by atoms with E-state index in [2.05, 4.69) is 6.07 Å². The normalized spacial score (nSPS) is 18.3. The first-order chi connectivity index (χ1) is 8.13. The number of nitrogens with two attached hydrogens (primary N) is 1. The number of Topliss-reactive ketones (excluding diaryl/α,β-unsaturated/α-hetero) is 1. The van der Waals surface area contributed by atoms with E-state index in [1.54, 1.807) is 18.7 Å². The summed E-state index contributed by atoms with van der Waals surface area (Å²) >= 11 is 1.58. The van der Waals surface area contributed by atoms with Crippen LogP contribution in [0.2, 0.25) is 6.82 Å². The largest absolute Gasteiger partial charge is 0.423 e. The molecule has 1 atom stereocenters. The van der Waals surface area contributed by atoms with Crippen LogP contribution in [0.15, 0.2) is 23.1 Å². The van der Waals surface area contributed by atoms with Crippen molar-refractivity contribution in [1.29, 1.82) is 0 Å². The molecule has 0 saturated carbocycles. The third kappa shape index (κ3) is 2.56. The van der Waals surface area contributed by atoms with Gasteiger partial charge >= 0.3 is 6.92 Å². The van der Waals surface area contributed by atoms with E-state index in [4.69, 9.17) is 10.4 Å². The summed E-state index contributed by atoms with van der Waals surface area (Å²) in [6.45, 7) is 4.21. The number of ketones is 1. The van der Waals surface area contributed by atoms with Gasteiger partial charge in [-0.3, -0.25) is 4.79 Å². The Kier molecular flexibility index (Phi) is 3.91. The van der Waals surface area contributed by atoms with Gasteiger partial charge in [-0.15, -0.1) is 11.8 Å². The van der Waals surface area contributed by atoms with Crippen LogP contribution >= 0.6 is 11.8 Å². The van der Waals surface area contributed by atoms with Gasteiger partial charge in [0.25, 0.3) is 0 Å². The van der Waals surface area contributed by atoms with Crippen LogP contribution in [0.25, 0.3) is 0 Å². The molecule has 5 heteroatoms. The first-order valence-corrected chi connectivity index (χ1v) is 6.72. The first-order valence-electron chi connectivity index (χ1n) is 5.74. The van der Waals surface area contributed by atoms with Gasteiger partial charge in [-0.1, -0.05) is 19.0 Å². The zero-order valence-electron chi connectivity index (χ0n) is 10.1. The summed E-state index contributed by atoms with van der Waals surface area (Å²) in [6.07, 6.45) is -0.00196. The summed E-state index contributed by atoms with van der Waals surface area (Å²) in [5.74, 6) is 0.700. The van der Waals surface area contributed by atoms with Gasteiger partial charge in [-0.25, -0.2) is 0 Å². The summed E-state index contributed by atoms with van der Waals surface area (Å²) < 4.78 is 5.81. The maximum absolute atomic E-state index is 11.0. The molecule has 90 valence electrons. The van der Waals surface area contributed by atoms with Crippen molar-refractivity contribution < 1.29 is 9.45 Å². The molecule has 2 N–H and O–H groups in total. The van der Waals surface area contributed by atoms with Crippen molar-refractivity contribution in [1.82, 2.24) is 0 Å². The van der Waals surface area contributed by atoms with Gasteiger partial charge in [0, 0.05) is 11.4 Å². The van der Waals surface area contributed by atoms with Gasteiger partial charge < -0.3 is 10.4 Å². The molecule has 17 heavy (non-hydrogen) atoms. The Labute approximate surface area is 106 Å². The van der Waals surface area contributed by atoms with Crippen LogP contribution in [-0.2, 0) is 9.45 Å². The molecule has 0 saturated heterocycles. The molecule has 1 aromatic carbocycles. The molecule has 1 unspecified atom stereocenters. The molecule has 0 spiro atoms. The van der Waals surface area contributed by atoms with E-state index < -0.39 is 0 Å². The lowest BCUT2D eigenvalue weighted by Gasteiger charge is -2.09. The standard InChI is InChI=1S/C12H16BNO2S/c1-8(15)7-17-11-5-3-4-9-10(6-14)16-13(2)12(9)11/h3-5,10H,6-7,14H2,1-2H3. The van der Waals surface area contributed by atoms with E-state index in [-0.39, 0.29) is 18.8 Å². The minimum atomic E-state index is -0.00196. The summed E-state index contributed by atoms with van der Waals surface area (Å²) in [5.41, 5.74) is 8.07. The van der Waals surface area contributed by atoms with Gasteiger partial charge in [-0.05, 0) is 24.0 Å². The Morgan fingerprint density at radius 3 is 3.00 bits per heavy atom. The van der Waals surface area contributed by atoms with E-state index in [1.165, 1.54) is 11.0 Å². The van der Waals surface area contributed by atoms with Crippen LogP contribution < -0.4 is 11.2 Å². The molecule has 2 rings (SSSR count). The minimum Gasteiger partial charge on any atom is -0.423 e. The number of rotatable bonds is 4. The van der Waals surface area contributed by atoms with Crippen LogP contribution in [-0.4, -0.2) is 25.0 Å². The quantitative estimate of drug-likeness (QED) is 0.644. The third-order valence-electron chi connectivity index (χ3n) is 2.87. The molecule has 1 aliphatic heterocycles. The predicted octanol–water partition coefficient (Wildman–Crippen LogP) is 1.23. The van der Waals surface area contributed by atoms with E-state index in [9.17, 15) is 4.79 Å². The van der Waals surface area contributed by atoms with Crippen LogP contribution in [0.5, 0.6) is 0 Å². The summed E-state index contributed by atoms with van der Waals surface area (Å²) in [4.78, 5) is 12.2. The second kappa shape index (κ2) is 5.25. The highest BCUT2D eigenvalue weighted by molar-refractivity contribution is 8.00. The smallest absolute Gasteiger partial charge is 0.325 e. The minimum absolute atomic E-state index is 0.00196. The fourth-order valence-corrected chi connectivity index (χ4v) is 3.13. The van der Waals surface area contributed by atoms with E-state index in [1.807, 2.05) is 19.0 Å². The van der Waals surface area contributed by atoms with Crippen LogP contribution in [0.4, 0.5) is 0 Å². The molecular formula is C12H16BNO2S. The topological polar surface area (TPSA) is 52.3 Å². The van der Waals surface area contributed by atoms with Crippen LogP contribution in [0.3, 0.4) is 0 Å². The molecule has 0 fully saturated rings. The lowest BCUT2D eigenvalue weighted by atomic mass is 9.64. The molecule has 1 heterocycles. The average molecular weight is 249 g/mol. The lowest BCUT2D eigenvalue weighted by molar-refractivity contribution is -0.114. The zero-order valence-corrected chi connectivity index (χ0v) is 10.9. The molecule has 0 aliphatic carbocycles. The number of fused-ring (bicyclic) bond motifs is 1. The average Bonchev–Trinajstić information content (AvgIpc) is 2.64. The molecule has 3 nitrogen and oxygen atoms in total. The molecule has 0 amide bonds. The van der Waals surface area contributed by atoms with Gasteiger partial charge in [0.05, 0.1) is 11.9 Å². The van der Waals surface area contributed by atoms with Gasteiger partial charge in [0.1, 0.15) is 5.78 Å². The molecule has 0 aromatic heterocycles. The number of hydrogen-bond donors (Lipinski definition) is 1. The molecule has 1 aliphatic rings. The number of carbonyl (C=O) groups excluding carboxylic acids is 1. The Hall–Kier alpha value is -0.775.